The highest BCUT2D eigenvalue weighted by molar-refractivity contribution is 8.14. The minimum absolute atomic E-state index is 0.409. The Morgan fingerprint density at radius 3 is 2.73 bits per heavy atom. The second kappa shape index (κ2) is 3.71. The van der Waals surface area contributed by atoms with Gasteiger partial charge in [-0.2, -0.15) is 0 Å². The molecule has 0 aromatic heterocycles. The molecule has 11 heavy (non-hydrogen) atoms. The Hall–Kier alpha value is 0.160. The Labute approximate surface area is 69.8 Å². The topological polar surface area (TPSA) is 52.6 Å². The Kier molecular flexibility index (Phi) is 3.12. The lowest BCUT2D eigenvalue weighted by molar-refractivity contribution is -0.298. The third-order valence-corrected chi connectivity index (χ3v) is 2.95. The molecule has 0 N–H and O–H groups in total. The number of hydrogen-bond donors (Lipinski definition) is 0. The summed E-state index contributed by atoms with van der Waals surface area (Å²) in [5, 5.41) is 0. The summed E-state index contributed by atoms with van der Waals surface area (Å²) in [6.45, 7) is 0.433. The van der Waals surface area contributed by atoms with Gasteiger partial charge in [0.05, 0.1) is 6.61 Å². The van der Waals surface area contributed by atoms with Crippen LogP contribution in [0.25, 0.3) is 0 Å². The molecule has 1 unspecified atom stereocenters. The molecule has 1 saturated heterocycles. The first-order valence-corrected chi connectivity index (χ1v) is 5.70. The molecule has 0 amide bonds. The lowest BCUT2D eigenvalue weighted by Gasteiger charge is -2.07. The first-order valence-electron chi connectivity index (χ1n) is 3.32. The van der Waals surface area contributed by atoms with Gasteiger partial charge in [0, 0.05) is 10.7 Å². The number of halogens is 1. The maximum atomic E-state index is 10.7. The summed E-state index contributed by atoms with van der Waals surface area (Å²) < 4.78 is 21.4. The Morgan fingerprint density at radius 1 is 1.36 bits per heavy atom. The zero-order valence-electron chi connectivity index (χ0n) is 5.82. The van der Waals surface area contributed by atoms with Crippen molar-refractivity contribution in [1.82, 2.24) is 0 Å². The Bertz CT molecular complexity index is 205. The summed E-state index contributed by atoms with van der Waals surface area (Å²) >= 11 is 0. The van der Waals surface area contributed by atoms with Crippen molar-refractivity contribution in [3.63, 3.8) is 0 Å². The van der Waals surface area contributed by atoms with Crippen molar-refractivity contribution < 1.29 is 18.2 Å². The molecule has 1 aliphatic rings. The smallest absolute Gasteiger partial charge is 0.235 e. The molecule has 0 bridgehead atoms. The SMILES string of the molecule is O=S(=O)(Cl)C1CCCCOO1. The van der Waals surface area contributed by atoms with Crippen LogP contribution < -0.4 is 0 Å². The summed E-state index contributed by atoms with van der Waals surface area (Å²) in [4.78, 5) is 9.12. The Morgan fingerprint density at radius 2 is 2.09 bits per heavy atom. The van der Waals surface area contributed by atoms with Gasteiger partial charge in [0.25, 0.3) is 9.05 Å². The van der Waals surface area contributed by atoms with Crippen molar-refractivity contribution in [2.24, 2.45) is 0 Å². The Balaban J connectivity index is 2.57. The van der Waals surface area contributed by atoms with Crippen LogP contribution in [-0.4, -0.2) is 20.5 Å². The summed E-state index contributed by atoms with van der Waals surface area (Å²) in [6, 6.07) is 0. The molecule has 0 aliphatic carbocycles. The molecule has 1 atom stereocenters. The molecule has 0 spiro atoms. The fourth-order valence-electron chi connectivity index (χ4n) is 0.832. The predicted octanol–water partition coefficient (Wildman–Crippen LogP) is 1.01. The molecule has 1 aliphatic heterocycles. The van der Waals surface area contributed by atoms with Gasteiger partial charge in [-0.15, -0.1) is 0 Å². The van der Waals surface area contributed by atoms with E-state index >= 15 is 0 Å². The van der Waals surface area contributed by atoms with Gasteiger partial charge in [-0.05, 0) is 19.3 Å². The van der Waals surface area contributed by atoms with Crippen LogP contribution in [0, 0.1) is 0 Å². The molecule has 0 saturated carbocycles. The fraction of sp³-hybridized carbons (Fsp3) is 1.00. The van der Waals surface area contributed by atoms with E-state index in [4.69, 9.17) is 10.7 Å². The van der Waals surface area contributed by atoms with Crippen LogP contribution in [0.3, 0.4) is 0 Å². The van der Waals surface area contributed by atoms with Gasteiger partial charge in [-0.3, -0.25) is 0 Å². The summed E-state index contributed by atoms with van der Waals surface area (Å²) in [6.07, 6.45) is 1.98. The van der Waals surface area contributed by atoms with Crippen LogP contribution in [0.4, 0.5) is 0 Å². The van der Waals surface area contributed by atoms with Gasteiger partial charge in [-0.25, -0.2) is 18.2 Å². The van der Waals surface area contributed by atoms with Crippen molar-refractivity contribution in [3.8, 4) is 0 Å². The fourth-order valence-corrected chi connectivity index (χ4v) is 1.79. The van der Waals surface area contributed by atoms with E-state index in [0.29, 0.717) is 13.0 Å². The van der Waals surface area contributed by atoms with Crippen molar-refractivity contribution in [3.05, 3.63) is 0 Å². The molecule has 0 aromatic rings. The summed E-state index contributed by atoms with van der Waals surface area (Å²) in [5.41, 5.74) is -0.994. The van der Waals surface area contributed by atoms with Crippen molar-refractivity contribution in [2.45, 2.75) is 24.7 Å². The van der Waals surface area contributed by atoms with E-state index in [0.717, 1.165) is 12.8 Å². The van der Waals surface area contributed by atoms with Gasteiger partial charge in [0.1, 0.15) is 0 Å². The highest BCUT2D eigenvalue weighted by Gasteiger charge is 2.26. The minimum atomic E-state index is -3.62. The van der Waals surface area contributed by atoms with E-state index in [1.54, 1.807) is 0 Å². The first-order chi connectivity index (χ1) is 5.11. The van der Waals surface area contributed by atoms with Gasteiger partial charge in [0.2, 0.25) is 5.44 Å². The molecule has 1 fully saturated rings. The predicted molar refractivity (Wildman–Crippen MR) is 39.4 cm³/mol. The van der Waals surface area contributed by atoms with Crippen LogP contribution in [0.5, 0.6) is 0 Å². The van der Waals surface area contributed by atoms with Gasteiger partial charge in [0.15, 0.2) is 0 Å². The maximum absolute atomic E-state index is 10.7. The van der Waals surface area contributed by atoms with Crippen LogP contribution in [-0.2, 0) is 18.8 Å². The molecule has 66 valence electrons. The van der Waals surface area contributed by atoms with E-state index in [1.807, 2.05) is 0 Å². The maximum Gasteiger partial charge on any atom is 0.262 e. The zero-order valence-corrected chi connectivity index (χ0v) is 7.40. The quantitative estimate of drug-likeness (QED) is 0.468. The molecule has 6 heteroatoms. The molecule has 0 radical (unpaired) electrons. The van der Waals surface area contributed by atoms with E-state index < -0.39 is 14.5 Å². The minimum Gasteiger partial charge on any atom is -0.235 e. The van der Waals surface area contributed by atoms with Crippen molar-refractivity contribution >= 4 is 19.7 Å². The highest BCUT2D eigenvalue weighted by atomic mass is 35.7. The second-order valence-electron chi connectivity index (χ2n) is 2.32. The normalized spacial score (nSPS) is 27.9. The molecule has 1 rings (SSSR count). The molecule has 1 heterocycles. The van der Waals surface area contributed by atoms with Crippen LogP contribution >= 0.6 is 10.7 Å². The van der Waals surface area contributed by atoms with Crippen molar-refractivity contribution in [1.29, 1.82) is 0 Å². The molecule has 0 aromatic carbocycles. The van der Waals surface area contributed by atoms with Gasteiger partial charge < -0.3 is 0 Å². The average molecular weight is 201 g/mol. The number of rotatable bonds is 1. The zero-order chi connectivity index (χ0) is 8.32. The first kappa shape index (κ1) is 9.25. The lowest BCUT2D eigenvalue weighted by atomic mass is 10.2. The monoisotopic (exact) mass is 200 g/mol. The van der Waals surface area contributed by atoms with Crippen LogP contribution in [0.15, 0.2) is 0 Å². The van der Waals surface area contributed by atoms with E-state index in [9.17, 15) is 8.42 Å². The van der Waals surface area contributed by atoms with Crippen LogP contribution in [0.2, 0.25) is 0 Å². The van der Waals surface area contributed by atoms with E-state index in [2.05, 4.69) is 9.78 Å². The lowest BCUT2D eigenvalue weighted by Crippen LogP contribution is -2.18. The van der Waals surface area contributed by atoms with Gasteiger partial charge >= 0.3 is 0 Å². The summed E-state index contributed by atoms with van der Waals surface area (Å²) in [7, 11) is 1.43. The molecular weight excluding hydrogens is 192 g/mol. The summed E-state index contributed by atoms with van der Waals surface area (Å²) in [5.74, 6) is 0. The highest BCUT2D eigenvalue weighted by Crippen LogP contribution is 2.18. The third kappa shape index (κ3) is 2.94. The largest absolute Gasteiger partial charge is 0.262 e. The number of hydrogen-bond acceptors (Lipinski definition) is 4. The average Bonchev–Trinajstić information content (AvgIpc) is 2.10. The second-order valence-corrected chi connectivity index (χ2v) is 5.09. The molecular formula is C5H9ClO4S. The van der Waals surface area contributed by atoms with Crippen LogP contribution in [0.1, 0.15) is 19.3 Å². The standard InChI is InChI=1S/C5H9ClO4S/c6-11(7,8)5-3-1-2-4-9-10-5/h5H,1-4H2. The third-order valence-electron chi connectivity index (χ3n) is 1.41. The van der Waals surface area contributed by atoms with Gasteiger partial charge in [-0.1, -0.05) is 0 Å². The molecule has 4 nitrogen and oxygen atoms in total. The van der Waals surface area contributed by atoms with E-state index in [-0.39, 0.29) is 0 Å². The van der Waals surface area contributed by atoms with E-state index in [1.165, 1.54) is 0 Å². The van der Waals surface area contributed by atoms with Crippen molar-refractivity contribution in [2.75, 3.05) is 6.61 Å².